The van der Waals surface area contributed by atoms with E-state index in [1.165, 1.54) is 61.5 Å². The van der Waals surface area contributed by atoms with Crippen molar-refractivity contribution in [1.82, 2.24) is 0 Å². The second-order valence-corrected chi connectivity index (χ2v) is 7.64. The van der Waals surface area contributed by atoms with Crippen molar-refractivity contribution in [2.75, 3.05) is 11.4 Å². The molecule has 0 aromatic heterocycles. The molecule has 0 saturated carbocycles. The van der Waals surface area contributed by atoms with Crippen LogP contribution in [0.25, 0.3) is 0 Å². The molecule has 11 heteroatoms. The number of rotatable bonds is 8. The predicted molar refractivity (Wildman–Crippen MR) is 114 cm³/mol. The summed E-state index contributed by atoms with van der Waals surface area (Å²) in [5, 5.41) is 9.66. The van der Waals surface area contributed by atoms with Crippen LogP contribution in [0.1, 0.15) is 11.1 Å². The number of anilines is 1. The zero-order valence-corrected chi connectivity index (χ0v) is 18.2. The van der Waals surface area contributed by atoms with Gasteiger partial charge in [-0.2, -0.15) is 13.2 Å². The molecule has 35 heavy (non-hydrogen) atoms. The average Bonchev–Trinajstić information content (AvgIpc) is 2.74. The summed E-state index contributed by atoms with van der Waals surface area (Å²) in [5.74, 6) is -0.459. The Balaban J connectivity index is 1.89. The standard InChI is InChI=1S/C24H20F7NO3/c1-15-10-19(8-9-21(15)25)34-18-6-3-5-17(12-18)32(14-22(33)23(26,27)28)13-16-4-2-7-20(11-16)35-24(29,30)31/h2-12,22,33H,13-14H2,1H3/t22-/m1/s1. The van der Waals surface area contributed by atoms with E-state index in [0.29, 0.717) is 11.3 Å². The molecule has 1 N–H and O–H groups in total. The first-order valence-electron chi connectivity index (χ1n) is 10.2. The Morgan fingerprint density at radius 1 is 0.857 bits per heavy atom. The Hall–Kier alpha value is -3.47. The van der Waals surface area contributed by atoms with Gasteiger partial charge >= 0.3 is 12.5 Å². The highest BCUT2D eigenvalue weighted by Gasteiger charge is 2.39. The maximum Gasteiger partial charge on any atom is 0.573 e. The van der Waals surface area contributed by atoms with Crippen molar-refractivity contribution in [3.8, 4) is 17.2 Å². The Labute approximate surface area is 196 Å². The highest BCUT2D eigenvalue weighted by molar-refractivity contribution is 5.52. The SMILES string of the molecule is Cc1cc(Oc2cccc(N(Cc3cccc(OC(F)(F)F)c3)C[C@@H](O)C(F)(F)F)c2)ccc1F. The van der Waals surface area contributed by atoms with E-state index < -0.39 is 36.8 Å². The van der Waals surface area contributed by atoms with Gasteiger partial charge in [-0.25, -0.2) is 4.39 Å². The van der Waals surface area contributed by atoms with E-state index in [1.54, 1.807) is 0 Å². The number of halogens is 7. The molecule has 0 unspecified atom stereocenters. The molecule has 0 aliphatic rings. The fourth-order valence-corrected chi connectivity index (χ4v) is 3.20. The number of hydrogen-bond acceptors (Lipinski definition) is 4. The first kappa shape index (κ1) is 26.1. The quantitative estimate of drug-likeness (QED) is 0.345. The van der Waals surface area contributed by atoms with E-state index in [-0.39, 0.29) is 23.5 Å². The zero-order valence-electron chi connectivity index (χ0n) is 18.2. The minimum atomic E-state index is -4.94. The lowest BCUT2D eigenvalue weighted by molar-refractivity contribution is -0.274. The number of ether oxygens (including phenoxy) is 2. The van der Waals surface area contributed by atoms with Crippen molar-refractivity contribution in [2.45, 2.75) is 32.1 Å². The smallest absolute Gasteiger partial charge is 0.457 e. The summed E-state index contributed by atoms with van der Waals surface area (Å²) in [6, 6.07) is 14.7. The van der Waals surface area contributed by atoms with Gasteiger partial charge < -0.3 is 19.5 Å². The normalized spacial score (nSPS) is 12.8. The van der Waals surface area contributed by atoms with Crippen LogP contribution in [0, 0.1) is 12.7 Å². The monoisotopic (exact) mass is 503 g/mol. The maximum atomic E-state index is 13.5. The molecular weight excluding hydrogens is 483 g/mol. The van der Waals surface area contributed by atoms with Crippen LogP contribution in [-0.2, 0) is 6.54 Å². The van der Waals surface area contributed by atoms with Crippen molar-refractivity contribution in [3.63, 3.8) is 0 Å². The van der Waals surface area contributed by atoms with Crippen molar-refractivity contribution >= 4 is 5.69 Å². The summed E-state index contributed by atoms with van der Waals surface area (Å²) in [7, 11) is 0. The van der Waals surface area contributed by atoms with Crippen molar-refractivity contribution in [2.24, 2.45) is 0 Å². The van der Waals surface area contributed by atoms with E-state index in [9.17, 15) is 35.8 Å². The summed E-state index contributed by atoms with van der Waals surface area (Å²) in [5.41, 5.74) is 0.739. The lowest BCUT2D eigenvalue weighted by Gasteiger charge is -2.29. The molecule has 0 aliphatic carbocycles. The molecule has 188 valence electrons. The third-order valence-electron chi connectivity index (χ3n) is 4.82. The number of benzene rings is 3. The molecular formula is C24H20F7NO3. The van der Waals surface area contributed by atoms with E-state index in [2.05, 4.69) is 4.74 Å². The molecule has 3 aromatic carbocycles. The third kappa shape index (κ3) is 7.78. The minimum absolute atomic E-state index is 0.201. The molecule has 3 aromatic rings. The number of hydrogen-bond donors (Lipinski definition) is 1. The molecule has 0 saturated heterocycles. The number of aliphatic hydroxyl groups excluding tert-OH is 1. The molecule has 0 radical (unpaired) electrons. The number of aliphatic hydroxyl groups is 1. The molecule has 0 heterocycles. The van der Waals surface area contributed by atoms with Gasteiger partial charge in [0.25, 0.3) is 0 Å². The van der Waals surface area contributed by atoms with Gasteiger partial charge in [0, 0.05) is 18.3 Å². The van der Waals surface area contributed by atoms with E-state index in [4.69, 9.17) is 4.74 Å². The second-order valence-electron chi connectivity index (χ2n) is 7.64. The van der Waals surface area contributed by atoms with E-state index in [1.807, 2.05) is 0 Å². The number of alkyl halides is 6. The Morgan fingerprint density at radius 3 is 2.17 bits per heavy atom. The fraction of sp³-hybridized carbons (Fsp3) is 0.250. The molecule has 3 rings (SSSR count). The van der Waals surface area contributed by atoms with Crippen LogP contribution in [0.2, 0.25) is 0 Å². The van der Waals surface area contributed by atoms with Gasteiger partial charge in [-0.15, -0.1) is 13.2 Å². The molecule has 1 atom stereocenters. The van der Waals surface area contributed by atoms with Gasteiger partial charge in [0.2, 0.25) is 0 Å². The second kappa shape index (κ2) is 10.4. The first-order chi connectivity index (χ1) is 16.3. The van der Waals surface area contributed by atoms with Gasteiger partial charge in [0.15, 0.2) is 6.10 Å². The third-order valence-corrected chi connectivity index (χ3v) is 4.82. The average molecular weight is 503 g/mol. The fourth-order valence-electron chi connectivity index (χ4n) is 3.20. The van der Waals surface area contributed by atoms with E-state index >= 15 is 0 Å². The lowest BCUT2D eigenvalue weighted by atomic mass is 10.1. The largest absolute Gasteiger partial charge is 0.573 e. The Morgan fingerprint density at radius 2 is 1.51 bits per heavy atom. The minimum Gasteiger partial charge on any atom is -0.457 e. The molecule has 4 nitrogen and oxygen atoms in total. The lowest BCUT2D eigenvalue weighted by Crippen LogP contribution is -2.40. The van der Waals surface area contributed by atoms with Crippen molar-refractivity contribution in [1.29, 1.82) is 0 Å². The summed E-state index contributed by atoms with van der Waals surface area (Å²) in [4.78, 5) is 1.15. The van der Waals surface area contributed by atoms with Gasteiger partial charge in [0.1, 0.15) is 23.1 Å². The maximum absolute atomic E-state index is 13.5. The van der Waals surface area contributed by atoms with Gasteiger partial charge in [-0.1, -0.05) is 18.2 Å². The van der Waals surface area contributed by atoms with Crippen LogP contribution < -0.4 is 14.4 Å². The molecule has 0 aliphatic heterocycles. The van der Waals surface area contributed by atoms with Crippen LogP contribution >= 0.6 is 0 Å². The van der Waals surface area contributed by atoms with E-state index in [0.717, 1.165) is 17.0 Å². The molecule has 0 fully saturated rings. The topological polar surface area (TPSA) is 41.9 Å². The highest BCUT2D eigenvalue weighted by atomic mass is 19.4. The van der Waals surface area contributed by atoms with Gasteiger partial charge in [-0.05, 0) is 60.5 Å². The van der Waals surface area contributed by atoms with Crippen molar-refractivity contribution in [3.05, 3.63) is 83.7 Å². The van der Waals surface area contributed by atoms with Crippen LogP contribution in [0.5, 0.6) is 17.2 Å². The highest BCUT2D eigenvalue weighted by Crippen LogP contribution is 2.31. The summed E-state index contributed by atoms with van der Waals surface area (Å²) < 4.78 is 99.9. The zero-order chi connectivity index (χ0) is 25.8. The Kier molecular flexibility index (Phi) is 7.79. The molecule has 0 bridgehead atoms. The van der Waals surface area contributed by atoms with Crippen LogP contribution in [-0.4, -0.2) is 30.3 Å². The number of aryl methyl sites for hydroxylation is 1. The van der Waals surface area contributed by atoms with Crippen LogP contribution in [0.3, 0.4) is 0 Å². The summed E-state index contributed by atoms with van der Waals surface area (Å²) >= 11 is 0. The number of nitrogens with zero attached hydrogens (tertiary/aromatic N) is 1. The first-order valence-corrected chi connectivity index (χ1v) is 10.2. The van der Waals surface area contributed by atoms with Gasteiger partial charge in [-0.3, -0.25) is 0 Å². The van der Waals surface area contributed by atoms with Crippen LogP contribution in [0.15, 0.2) is 66.7 Å². The van der Waals surface area contributed by atoms with Gasteiger partial charge in [0.05, 0.1) is 6.54 Å². The summed E-state index contributed by atoms with van der Waals surface area (Å²) in [6.45, 7) is 0.365. The van der Waals surface area contributed by atoms with Crippen LogP contribution in [0.4, 0.5) is 36.4 Å². The molecule has 0 amide bonds. The summed E-state index contributed by atoms with van der Waals surface area (Å²) in [6.07, 6.45) is -12.6. The predicted octanol–water partition coefficient (Wildman–Crippen LogP) is 6.75. The van der Waals surface area contributed by atoms with Crippen molar-refractivity contribution < 1.29 is 45.3 Å². The Bertz CT molecular complexity index is 1150. The molecule has 0 spiro atoms.